The highest BCUT2D eigenvalue weighted by Crippen LogP contribution is 2.25. The van der Waals surface area contributed by atoms with Crippen molar-refractivity contribution in [3.8, 4) is 0 Å². The van der Waals surface area contributed by atoms with E-state index < -0.39 is 0 Å². The van der Waals surface area contributed by atoms with Gasteiger partial charge in [-0.3, -0.25) is 0 Å². The Morgan fingerprint density at radius 2 is 1.80 bits per heavy atom. The van der Waals surface area contributed by atoms with Gasteiger partial charge in [-0.2, -0.15) is 0 Å². The molecule has 0 saturated heterocycles. The molecular weight excluding hydrogens is 324 g/mol. The van der Waals surface area contributed by atoms with Crippen molar-refractivity contribution < 1.29 is 0 Å². The first-order valence-electron chi connectivity index (χ1n) is 8.81. The van der Waals surface area contributed by atoms with Crippen LogP contribution < -0.4 is 5.32 Å². The summed E-state index contributed by atoms with van der Waals surface area (Å²) in [6.45, 7) is 0.790. The van der Waals surface area contributed by atoms with E-state index >= 15 is 0 Å². The molecule has 1 aliphatic rings. The Labute approximate surface area is 154 Å². The van der Waals surface area contributed by atoms with E-state index in [-0.39, 0.29) is 0 Å². The van der Waals surface area contributed by atoms with Crippen LogP contribution in [-0.4, -0.2) is 17.1 Å². The molecular formula is C22H22N2S. The molecule has 0 aromatic heterocycles. The first-order chi connectivity index (χ1) is 12.2. The Kier molecular flexibility index (Phi) is 4.41. The van der Waals surface area contributed by atoms with Crippen molar-refractivity contribution in [3.63, 3.8) is 0 Å². The second kappa shape index (κ2) is 6.85. The van der Waals surface area contributed by atoms with E-state index in [0.29, 0.717) is 0 Å². The zero-order valence-corrected chi connectivity index (χ0v) is 15.3. The fraction of sp³-hybridized carbons (Fsp3) is 0.227. The number of thiocarbonyl (C=S) groups is 1. The summed E-state index contributed by atoms with van der Waals surface area (Å²) in [5.41, 5.74) is 5.33. The van der Waals surface area contributed by atoms with Crippen molar-refractivity contribution in [2.24, 2.45) is 0 Å². The van der Waals surface area contributed by atoms with Crippen LogP contribution in [0.2, 0.25) is 0 Å². The smallest absolute Gasteiger partial charge is 0.173 e. The van der Waals surface area contributed by atoms with Crippen molar-refractivity contribution in [2.75, 3.05) is 12.4 Å². The fourth-order valence-corrected chi connectivity index (χ4v) is 3.81. The average Bonchev–Trinajstić information content (AvgIpc) is 3.10. The molecule has 4 rings (SSSR count). The number of nitrogens with zero attached hydrogens (tertiary/aromatic N) is 1. The maximum atomic E-state index is 5.62. The standard InChI is InChI=1S/C22H22N2S/c1-24(15-19-10-5-8-17-6-2-3-11-21(17)19)22(25)23-20-13-12-16-7-4-9-18(16)14-20/h2-3,5-6,8,10-14H,4,7,9,15H2,1H3,(H,23,25). The summed E-state index contributed by atoms with van der Waals surface area (Å²) in [7, 11) is 2.05. The van der Waals surface area contributed by atoms with Gasteiger partial charge in [0.2, 0.25) is 0 Å². The van der Waals surface area contributed by atoms with Crippen LogP contribution in [0.15, 0.2) is 60.7 Å². The molecule has 25 heavy (non-hydrogen) atoms. The van der Waals surface area contributed by atoms with E-state index in [0.717, 1.165) is 17.3 Å². The van der Waals surface area contributed by atoms with Gasteiger partial charge in [-0.1, -0.05) is 48.5 Å². The summed E-state index contributed by atoms with van der Waals surface area (Å²) in [5, 5.41) is 6.71. The number of nitrogens with one attached hydrogen (secondary N) is 1. The normalized spacial score (nSPS) is 12.8. The lowest BCUT2D eigenvalue weighted by atomic mass is 10.0. The van der Waals surface area contributed by atoms with Crippen LogP contribution in [0, 0.1) is 0 Å². The van der Waals surface area contributed by atoms with Gasteiger partial charge in [-0.05, 0) is 71.1 Å². The Morgan fingerprint density at radius 1 is 1.00 bits per heavy atom. The topological polar surface area (TPSA) is 15.3 Å². The maximum absolute atomic E-state index is 5.62. The van der Waals surface area contributed by atoms with Crippen LogP contribution in [-0.2, 0) is 19.4 Å². The Bertz CT molecular complexity index is 927. The first-order valence-corrected chi connectivity index (χ1v) is 9.22. The van der Waals surface area contributed by atoms with Gasteiger partial charge in [0.05, 0.1) is 0 Å². The molecule has 3 aromatic rings. The summed E-state index contributed by atoms with van der Waals surface area (Å²) in [4.78, 5) is 2.10. The predicted octanol–water partition coefficient (Wildman–Crippen LogP) is 5.16. The van der Waals surface area contributed by atoms with Gasteiger partial charge in [0.25, 0.3) is 0 Å². The molecule has 0 bridgehead atoms. The minimum absolute atomic E-state index is 0.755. The molecule has 1 aliphatic carbocycles. The molecule has 0 unspecified atom stereocenters. The molecule has 3 heteroatoms. The highest BCUT2D eigenvalue weighted by Gasteiger charge is 2.12. The summed E-state index contributed by atoms with van der Waals surface area (Å²) in [5.74, 6) is 0. The van der Waals surface area contributed by atoms with Crippen molar-refractivity contribution in [1.29, 1.82) is 0 Å². The molecule has 0 spiro atoms. The zero-order chi connectivity index (χ0) is 17.2. The summed E-state index contributed by atoms with van der Waals surface area (Å²) in [6, 6.07) is 21.6. The number of anilines is 1. The maximum Gasteiger partial charge on any atom is 0.173 e. The first kappa shape index (κ1) is 16.1. The van der Waals surface area contributed by atoms with E-state index in [1.54, 1.807) is 0 Å². The minimum Gasteiger partial charge on any atom is -0.348 e. The van der Waals surface area contributed by atoms with Crippen molar-refractivity contribution >= 4 is 33.8 Å². The molecule has 3 aromatic carbocycles. The Balaban J connectivity index is 1.48. The fourth-order valence-electron chi connectivity index (χ4n) is 3.63. The molecule has 0 aliphatic heterocycles. The van der Waals surface area contributed by atoms with E-state index in [1.165, 1.54) is 46.7 Å². The summed E-state index contributed by atoms with van der Waals surface area (Å²) < 4.78 is 0. The van der Waals surface area contributed by atoms with Crippen LogP contribution in [0.4, 0.5) is 5.69 Å². The third-order valence-corrected chi connectivity index (χ3v) is 5.40. The monoisotopic (exact) mass is 346 g/mol. The molecule has 0 radical (unpaired) electrons. The molecule has 0 atom stereocenters. The third-order valence-electron chi connectivity index (χ3n) is 4.98. The summed E-state index contributed by atoms with van der Waals surface area (Å²) >= 11 is 5.62. The second-order valence-corrected chi connectivity index (χ2v) is 7.15. The third kappa shape index (κ3) is 3.38. The van der Waals surface area contributed by atoms with E-state index in [1.807, 2.05) is 7.05 Å². The lowest BCUT2D eigenvalue weighted by Crippen LogP contribution is -2.30. The predicted molar refractivity (Wildman–Crippen MR) is 110 cm³/mol. The second-order valence-electron chi connectivity index (χ2n) is 6.76. The number of benzene rings is 3. The van der Waals surface area contributed by atoms with E-state index in [9.17, 15) is 0 Å². The molecule has 0 saturated carbocycles. The van der Waals surface area contributed by atoms with Gasteiger partial charge in [0.15, 0.2) is 5.11 Å². The van der Waals surface area contributed by atoms with E-state index in [4.69, 9.17) is 12.2 Å². The SMILES string of the molecule is CN(Cc1cccc2ccccc12)C(=S)Nc1ccc2c(c1)CCC2. The Morgan fingerprint density at radius 3 is 2.72 bits per heavy atom. The number of aryl methyl sites for hydroxylation is 2. The number of rotatable bonds is 3. The van der Waals surface area contributed by atoms with Gasteiger partial charge in [0, 0.05) is 19.3 Å². The number of hydrogen-bond acceptors (Lipinski definition) is 1. The van der Waals surface area contributed by atoms with Gasteiger partial charge >= 0.3 is 0 Å². The van der Waals surface area contributed by atoms with Crippen LogP contribution in [0.5, 0.6) is 0 Å². The quantitative estimate of drug-likeness (QED) is 0.660. The van der Waals surface area contributed by atoms with Gasteiger partial charge in [0.1, 0.15) is 0 Å². The molecule has 126 valence electrons. The Hall–Kier alpha value is -2.39. The van der Waals surface area contributed by atoms with Crippen LogP contribution in [0.25, 0.3) is 10.8 Å². The van der Waals surface area contributed by atoms with Gasteiger partial charge in [-0.15, -0.1) is 0 Å². The number of hydrogen-bond donors (Lipinski definition) is 1. The van der Waals surface area contributed by atoms with Crippen LogP contribution >= 0.6 is 12.2 Å². The molecule has 0 amide bonds. The lowest BCUT2D eigenvalue weighted by Gasteiger charge is -2.22. The van der Waals surface area contributed by atoms with Crippen molar-refractivity contribution in [3.05, 3.63) is 77.4 Å². The zero-order valence-electron chi connectivity index (χ0n) is 14.5. The molecule has 2 nitrogen and oxygen atoms in total. The largest absolute Gasteiger partial charge is 0.348 e. The summed E-state index contributed by atoms with van der Waals surface area (Å²) in [6.07, 6.45) is 3.66. The van der Waals surface area contributed by atoms with Crippen LogP contribution in [0.1, 0.15) is 23.1 Å². The molecule has 1 N–H and O–H groups in total. The molecule has 0 heterocycles. The van der Waals surface area contributed by atoms with Crippen molar-refractivity contribution in [1.82, 2.24) is 4.90 Å². The highest BCUT2D eigenvalue weighted by atomic mass is 32.1. The van der Waals surface area contributed by atoms with Crippen LogP contribution in [0.3, 0.4) is 0 Å². The lowest BCUT2D eigenvalue weighted by molar-refractivity contribution is 0.511. The minimum atomic E-state index is 0.755. The van der Waals surface area contributed by atoms with E-state index in [2.05, 4.69) is 70.9 Å². The van der Waals surface area contributed by atoms with Gasteiger partial charge in [-0.25, -0.2) is 0 Å². The molecule has 0 fully saturated rings. The van der Waals surface area contributed by atoms with Gasteiger partial charge < -0.3 is 10.2 Å². The number of fused-ring (bicyclic) bond motifs is 2. The average molecular weight is 346 g/mol. The highest BCUT2D eigenvalue weighted by molar-refractivity contribution is 7.80. The van der Waals surface area contributed by atoms with Crippen molar-refractivity contribution in [2.45, 2.75) is 25.8 Å².